The number of rotatable bonds is 6. The number of carbonyl (C=O) groups is 2. The Morgan fingerprint density at radius 2 is 2.40 bits per heavy atom. The van der Waals surface area contributed by atoms with Crippen molar-refractivity contribution < 1.29 is 9.59 Å². The van der Waals surface area contributed by atoms with E-state index in [4.69, 9.17) is 0 Å². The molecule has 0 atom stereocenters. The van der Waals surface area contributed by atoms with Crippen LogP contribution in [0.2, 0.25) is 0 Å². The van der Waals surface area contributed by atoms with Crippen molar-refractivity contribution in [2.24, 2.45) is 7.05 Å². The molecule has 0 bridgehead atoms. The average Bonchev–Trinajstić information content (AvgIpc) is 2.64. The molecule has 15 heavy (non-hydrogen) atoms. The zero-order valence-electron chi connectivity index (χ0n) is 8.56. The second kappa shape index (κ2) is 5.79. The Morgan fingerprint density at radius 1 is 1.60 bits per heavy atom. The van der Waals surface area contributed by atoms with Gasteiger partial charge in [0.2, 0.25) is 6.41 Å². The van der Waals surface area contributed by atoms with Crippen LogP contribution in [-0.4, -0.2) is 35.0 Å². The second-order valence-electron chi connectivity index (χ2n) is 3.04. The third-order valence-electron chi connectivity index (χ3n) is 1.89. The largest absolute Gasteiger partial charge is 0.359 e. The number of nitrogens with zero attached hydrogens (tertiary/aromatic N) is 2. The molecule has 0 saturated carbocycles. The fourth-order valence-corrected chi connectivity index (χ4v) is 1.11. The van der Waals surface area contributed by atoms with Gasteiger partial charge in [0.25, 0.3) is 5.91 Å². The van der Waals surface area contributed by atoms with Crippen molar-refractivity contribution in [1.82, 2.24) is 20.2 Å². The zero-order chi connectivity index (χ0) is 11.1. The molecule has 0 spiro atoms. The third kappa shape index (κ3) is 3.41. The van der Waals surface area contributed by atoms with Crippen LogP contribution in [0.1, 0.15) is 17.0 Å². The van der Waals surface area contributed by atoms with Crippen LogP contribution in [0.5, 0.6) is 0 Å². The lowest BCUT2D eigenvalue weighted by molar-refractivity contribution is -0.109. The summed E-state index contributed by atoms with van der Waals surface area (Å²) in [6, 6.07) is 0. The van der Waals surface area contributed by atoms with Gasteiger partial charge in [0, 0.05) is 32.5 Å². The number of aromatic nitrogens is 2. The van der Waals surface area contributed by atoms with Gasteiger partial charge in [-0.2, -0.15) is 0 Å². The molecule has 1 aromatic rings. The molecule has 1 aromatic heterocycles. The molecule has 0 aliphatic rings. The molecule has 0 fully saturated rings. The van der Waals surface area contributed by atoms with Crippen LogP contribution in [0.4, 0.5) is 0 Å². The highest BCUT2D eigenvalue weighted by atomic mass is 16.2. The summed E-state index contributed by atoms with van der Waals surface area (Å²) in [4.78, 5) is 25.3. The highest BCUT2D eigenvalue weighted by Crippen LogP contribution is 1.93. The molecule has 0 radical (unpaired) electrons. The normalized spacial score (nSPS) is 9.67. The number of hydrogen-bond acceptors (Lipinski definition) is 3. The first-order chi connectivity index (χ1) is 7.25. The fourth-order valence-electron chi connectivity index (χ4n) is 1.11. The van der Waals surface area contributed by atoms with E-state index in [9.17, 15) is 9.59 Å². The van der Waals surface area contributed by atoms with Crippen LogP contribution >= 0.6 is 0 Å². The third-order valence-corrected chi connectivity index (χ3v) is 1.89. The molecule has 0 saturated heterocycles. The molecule has 6 heteroatoms. The van der Waals surface area contributed by atoms with Gasteiger partial charge in [-0.1, -0.05) is 0 Å². The summed E-state index contributed by atoms with van der Waals surface area (Å²) in [5.74, 6) is 0.187. The van der Waals surface area contributed by atoms with Crippen LogP contribution in [0, 0.1) is 0 Å². The molecule has 0 aliphatic carbocycles. The average molecular weight is 210 g/mol. The summed E-state index contributed by atoms with van der Waals surface area (Å²) >= 11 is 0. The topological polar surface area (TPSA) is 76.0 Å². The Hall–Kier alpha value is -1.85. The molecule has 2 amide bonds. The second-order valence-corrected chi connectivity index (χ2v) is 3.04. The number of hydrogen-bond donors (Lipinski definition) is 2. The van der Waals surface area contributed by atoms with Gasteiger partial charge in [-0.25, -0.2) is 4.98 Å². The minimum absolute atomic E-state index is 0.200. The molecule has 0 aliphatic heterocycles. The van der Waals surface area contributed by atoms with Gasteiger partial charge in [0.15, 0.2) is 5.82 Å². The monoisotopic (exact) mass is 210 g/mol. The maximum absolute atomic E-state index is 11.5. The van der Waals surface area contributed by atoms with Crippen molar-refractivity contribution in [1.29, 1.82) is 0 Å². The van der Waals surface area contributed by atoms with Crippen molar-refractivity contribution >= 4 is 12.3 Å². The highest BCUT2D eigenvalue weighted by molar-refractivity contribution is 5.90. The lowest BCUT2D eigenvalue weighted by Gasteiger charge is -2.04. The van der Waals surface area contributed by atoms with Gasteiger partial charge >= 0.3 is 0 Å². The van der Waals surface area contributed by atoms with Crippen molar-refractivity contribution in [3.05, 3.63) is 18.2 Å². The maximum Gasteiger partial charge on any atom is 0.287 e. The predicted molar refractivity (Wildman–Crippen MR) is 54.2 cm³/mol. The SMILES string of the molecule is Cn1ccnc1C(=O)NCCCNC=O. The van der Waals surface area contributed by atoms with E-state index in [1.165, 1.54) is 0 Å². The summed E-state index contributed by atoms with van der Waals surface area (Å²) < 4.78 is 1.65. The predicted octanol–water partition coefficient (Wildman–Crippen LogP) is -0.714. The van der Waals surface area contributed by atoms with E-state index in [1.807, 2.05) is 0 Å². The van der Waals surface area contributed by atoms with Crippen molar-refractivity contribution in [3.8, 4) is 0 Å². The minimum atomic E-state index is -0.200. The Morgan fingerprint density at radius 3 is 3.00 bits per heavy atom. The van der Waals surface area contributed by atoms with Crippen LogP contribution in [0.3, 0.4) is 0 Å². The molecule has 1 heterocycles. The van der Waals surface area contributed by atoms with Crippen LogP contribution in [-0.2, 0) is 11.8 Å². The molecular formula is C9H14N4O2. The Kier molecular flexibility index (Phi) is 4.33. The van der Waals surface area contributed by atoms with Crippen LogP contribution in [0.15, 0.2) is 12.4 Å². The molecule has 6 nitrogen and oxygen atoms in total. The number of nitrogens with one attached hydrogen (secondary N) is 2. The van der Waals surface area contributed by atoms with Crippen molar-refractivity contribution in [2.45, 2.75) is 6.42 Å². The van der Waals surface area contributed by atoms with E-state index in [2.05, 4.69) is 15.6 Å². The summed E-state index contributed by atoms with van der Waals surface area (Å²) in [6.07, 6.45) is 4.63. The Bertz CT molecular complexity index is 335. The lowest BCUT2D eigenvalue weighted by Crippen LogP contribution is -2.29. The van der Waals surface area contributed by atoms with E-state index in [0.717, 1.165) is 0 Å². The minimum Gasteiger partial charge on any atom is -0.359 e. The smallest absolute Gasteiger partial charge is 0.287 e. The number of imidazole rings is 1. The van der Waals surface area contributed by atoms with Gasteiger partial charge in [0.05, 0.1) is 0 Å². The number of aryl methyl sites for hydroxylation is 1. The van der Waals surface area contributed by atoms with Crippen molar-refractivity contribution in [3.63, 3.8) is 0 Å². The first-order valence-corrected chi connectivity index (χ1v) is 4.68. The Balaban J connectivity index is 2.25. The van der Waals surface area contributed by atoms with Gasteiger partial charge in [-0.15, -0.1) is 0 Å². The van der Waals surface area contributed by atoms with E-state index >= 15 is 0 Å². The zero-order valence-corrected chi connectivity index (χ0v) is 8.56. The molecule has 1 rings (SSSR count). The van der Waals surface area contributed by atoms with Gasteiger partial charge in [0.1, 0.15) is 0 Å². The van der Waals surface area contributed by atoms with Crippen molar-refractivity contribution in [2.75, 3.05) is 13.1 Å². The first-order valence-electron chi connectivity index (χ1n) is 4.68. The summed E-state index contributed by atoms with van der Waals surface area (Å²) in [6.45, 7) is 1.08. The fraction of sp³-hybridized carbons (Fsp3) is 0.444. The number of carbonyl (C=O) groups excluding carboxylic acids is 2. The highest BCUT2D eigenvalue weighted by Gasteiger charge is 2.08. The summed E-state index contributed by atoms with van der Waals surface area (Å²) in [5.41, 5.74) is 0. The first kappa shape index (κ1) is 11.2. The van der Waals surface area contributed by atoms with Gasteiger partial charge in [-0.05, 0) is 6.42 Å². The molecular weight excluding hydrogens is 196 g/mol. The number of amides is 2. The molecule has 2 N–H and O–H groups in total. The lowest BCUT2D eigenvalue weighted by atomic mass is 10.4. The van der Waals surface area contributed by atoms with Crippen LogP contribution < -0.4 is 10.6 Å². The standard InChI is InChI=1S/C9H14N4O2/c1-13-6-5-11-8(13)9(15)12-4-2-3-10-7-14/h5-7H,2-4H2,1H3,(H,10,14)(H,12,15). The molecule has 0 aromatic carbocycles. The van der Waals surface area contributed by atoms with Gasteiger partial charge in [-0.3, -0.25) is 9.59 Å². The quantitative estimate of drug-likeness (QED) is 0.481. The maximum atomic E-state index is 11.5. The van der Waals surface area contributed by atoms with E-state index in [1.54, 1.807) is 24.0 Å². The van der Waals surface area contributed by atoms with Gasteiger partial charge < -0.3 is 15.2 Å². The summed E-state index contributed by atoms with van der Waals surface area (Å²) in [7, 11) is 1.76. The van der Waals surface area contributed by atoms with E-state index in [0.29, 0.717) is 31.7 Å². The molecule has 0 unspecified atom stereocenters. The Labute approximate surface area is 87.7 Å². The van der Waals surface area contributed by atoms with Crippen LogP contribution in [0.25, 0.3) is 0 Å². The van der Waals surface area contributed by atoms with E-state index in [-0.39, 0.29) is 5.91 Å². The summed E-state index contributed by atoms with van der Waals surface area (Å²) in [5, 5.41) is 5.22. The van der Waals surface area contributed by atoms with E-state index < -0.39 is 0 Å². The molecule has 82 valence electrons.